The van der Waals surface area contributed by atoms with Gasteiger partial charge in [0.2, 0.25) is 10.0 Å². The van der Waals surface area contributed by atoms with Crippen LogP contribution in [-0.2, 0) is 29.3 Å². The number of hydrogen-bond acceptors (Lipinski definition) is 3. The minimum Gasteiger partial charge on any atom is -0.309 e. The number of nitrogens with zero attached hydrogens (tertiary/aromatic N) is 1. The lowest BCUT2D eigenvalue weighted by Gasteiger charge is -2.15. The van der Waals surface area contributed by atoms with E-state index in [4.69, 9.17) is 0 Å². The molecule has 1 aliphatic heterocycles. The first kappa shape index (κ1) is 19.9. The van der Waals surface area contributed by atoms with Gasteiger partial charge in [-0.3, -0.25) is 0 Å². The Balaban J connectivity index is 1.54. The van der Waals surface area contributed by atoms with E-state index in [0.717, 1.165) is 36.1 Å². The van der Waals surface area contributed by atoms with Crippen molar-refractivity contribution in [1.29, 1.82) is 0 Å². The van der Waals surface area contributed by atoms with Gasteiger partial charge in [0, 0.05) is 26.2 Å². The molecular weight excluding hydrogens is 377 g/mol. The maximum absolute atomic E-state index is 12.5. The minimum absolute atomic E-state index is 0.288. The molecule has 1 N–H and O–H groups in total. The topological polar surface area (TPSA) is 49.4 Å². The molecular formula is C19H21F3N2O2S. The van der Waals surface area contributed by atoms with E-state index >= 15 is 0 Å². The van der Waals surface area contributed by atoms with Crippen LogP contribution in [-0.4, -0.2) is 25.8 Å². The largest absolute Gasteiger partial charge is 0.416 e. The number of alkyl halides is 3. The smallest absolute Gasteiger partial charge is 0.309 e. The van der Waals surface area contributed by atoms with Gasteiger partial charge in [-0.2, -0.15) is 17.5 Å². The van der Waals surface area contributed by atoms with Gasteiger partial charge >= 0.3 is 6.18 Å². The maximum atomic E-state index is 12.5. The van der Waals surface area contributed by atoms with Crippen molar-refractivity contribution in [3.8, 4) is 0 Å². The summed E-state index contributed by atoms with van der Waals surface area (Å²) in [6.07, 6.45) is -2.54. The predicted octanol–water partition coefficient (Wildman–Crippen LogP) is 3.78. The molecule has 146 valence electrons. The van der Waals surface area contributed by atoms with Crippen molar-refractivity contribution in [1.82, 2.24) is 9.62 Å². The summed E-state index contributed by atoms with van der Waals surface area (Å²) in [5, 5.41) is 3.15. The lowest BCUT2D eigenvalue weighted by Crippen LogP contribution is -2.27. The van der Waals surface area contributed by atoms with Crippen molar-refractivity contribution in [3.63, 3.8) is 0 Å². The van der Waals surface area contributed by atoms with Gasteiger partial charge in [-0.25, -0.2) is 8.42 Å². The second-order valence-corrected chi connectivity index (χ2v) is 8.49. The summed E-state index contributed by atoms with van der Waals surface area (Å²) in [4.78, 5) is 0.288. The van der Waals surface area contributed by atoms with Gasteiger partial charge in [-0.05, 0) is 48.2 Å². The fourth-order valence-electron chi connectivity index (χ4n) is 3.02. The second-order valence-electron chi connectivity index (χ2n) is 6.55. The number of nitrogens with one attached hydrogen (secondary N) is 1. The van der Waals surface area contributed by atoms with Gasteiger partial charge < -0.3 is 5.32 Å². The SMILES string of the molecule is O=S(=O)(c1ccc(CNCc2ccc(C(F)(F)F)cc2)cc1)N1CCCC1. The molecule has 0 radical (unpaired) electrons. The Morgan fingerprint density at radius 2 is 1.33 bits per heavy atom. The third kappa shape index (κ3) is 4.88. The lowest BCUT2D eigenvalue weighted by atomic mass is 10.1. The summed E-state index contributed by atoms with van der Waals surface area (Å²) in [7, 11) is -3.41. The Morgan fingerprint density at radius 3 is 1.81 bits per heavy atom. The molecule has 1 aliphatic rings. The van der Waals surface area contributed by atoms with Crippen molar-refractivity contribution in [2.24, 2.45) is 0 Å². The number of rotatable bonds is 6. The van der Waals surface area contributed by atoms with Gasteiger partial charge in [-0.1, -0.05) is 24.3 Å². The average Bonchev–Trinajstić information content (AvgIpc) is 3.17. The first-order valence-electron chi connectivity index (χ1n) is 8.73. The molecule has 0 spiro atoms. The molecule has 1 fully saturated rings. The highest BCUT2D eigenvalue weighted by Gasteiger charge is 2.30. The summed E-state index contributed by atoms with van der Waals surface area (Å²) in [5.74, 6) is 0. The molecule has 0 unspecified atom stereocenters. The molecule has 27 heavy (non-hydrogen) atoms. The zero-order valence-corrected chi connectivity index (χ0v) is 15.5. The molecule has 0 atom stereocenters. The van der Waals surface area contributed by atoms with E-state index in [1.807, 2.05) is 0 Å². The molecule has 0 bridgehead atoms. The van der Waals surface area contributed by atoms with Crippen LogP contribution in [0.4, 0.5) is 13.2 Å². The highest BCUT2D eigenvalue weighted by atomic mass is 32.2. The maximum Gasteiger partial charge on any atom is 0.416 e. The van der Waals surface area contributed by atoms with E-state index in [2.05, 4.69) is 5.32 Å². The molecule has 8 heteroatoms. The molecule has 0 amide bonds. The molecule has 0 saturated carbocycles. The quantitative estimate of drug-likeness (QED) is 0.806. The van der Waals surface area contributed by atoms with E-state index in [-0.39, 0.29) is 4.90 Å². The van der Waals surface area contributed by atoms with Gasteiger partial charge in [0.15, 0.2) is 0 Å². The first-order valence-corrected chi connectivity index (χ1v) is 10.2. The van der Waals surface area contributed by atoms with E-state index in [1.54, 1.807) is 24.3 Å². The van der Waals surface area contributed by atoms with Crippen molar-refractivity contribution in [3.05, 3.63) is 65.2 Å². The highest BCUT2D eigenvalue weighted by Crippen LogP contribution is 2.29. The molecule has 4 nitrogen and oxygen atoms in total. The zero-order valence-electron chi connectivity index (χ0n) is 14.7. The Bertz CT molecular complexity index is 857. The molecule has 2 aromatic rings. The fraction of sp³-hybridized carbons (Fsp3) is 0.368. The molecule has 3 rings (SSSR count). The Labute approximate surface area is 157 Å². The van der Waals surface area contributed by atoms with Crippen LogP contribution in [0.5, 0.6) is 0 Å². The summed E-state index contributed by atoms with van der Waals surface area (Å²) in [6.45, 7) is 2.05. The van der Waals surface area contributed by atoms with E-state index in [1.165, 1.54) is 16.4 Å². The third-order valence-corrected chi connectivity index (χ3v) is 6.48. The Hall–Kier alpha value is -1.90. The summed E-state index contributed by atoms with van der Waals surface area (Å²) in [5.41, 5.74) is 0.986. The number of benzene rings is 2. The first-order chi connectivity index (χ1) is 12.8. The summed E-state index contributed by atoms with van der Waals surface area (Å²) in [6, 6.07) is 11.7. The highest BCUT2D eigenvalue weighted by molar-refractivity contribution is 7.89. The standard InChI is InChI=1S/C19H21F3N2O2S/c20-19(21,22)17-7-3-15(4-8-17)13-23-14-16-5-9-18(10-6-16)27(25,26)24-11-1-2-12-24/h3-10,23H,1-2,11-14H2. The van der Waals surface area contributed by atoms with Crippen LogP contribution in [0.25, 0.3) is 0 Å². The second kappa shape index (κ2) is 8.00. The van der Waals surface area contributed by atoms with Crippen LogP contribution in [0.15, 0.2) is 53.4 Å². The molecule has 1 saturated heterocycles. The van der Waals surface area contributed by atoms with Crippen LogP contribution in [0.1, 0.15) is 29.5 Å². The molecule has 2 aromatic carbocycles. The third-order valence-electron chi connectivity index (χ3n) is 4.57. The van der Waals surface area contributed by atoms with Crippen molar-refractivity contribution in [2.45, 2.75) is 37.0 Å². The zero-order chi connectivity index (χ0) is 19.5. The monoisotopic (exact) mass is 398 g/mol. The van der Waals surface area contributed by atoms with E-state index < -0.39 is 21.8 Å². The predicted molar refractivity (Wildman–Crippen MR) is 96.4 cm³/mol. The fourth-order valence-corrected chi connectivity index (χ4v) is 4.54. The normalized spacial score (nSPS) is 16.0. The van der Waals surface area contributed by atoms with E-state index in [9.17, 15) is 21.6 Å². The van der Waals surface area contributed by atoms with Crippen LogP contribution < -0.4 is 5.32 Å². The van der Waals surface area contributed by atoms with Gasteiger partial charge in [0.05, 0.1) is 10.5 Å². The van der Waals surface area contributed by atoms with Crippen molar-refractivity contribution < 1.29 is 21.6 Å². The number of hydrogen-bond donors (Lipinski definition) is 1. The number of halogens is 3. The molecule has 0 aliphatic carbocycles. The van der Waals surface area contributed by atoms with Gasteiger partial charge in [0.1, 0.15) is 0 Å². The van der Waals surface area contributed by atoms with Gasteiger partial charge in [-0.15, -0.1) is 0 Å². The molecule has 0 aromatic heterocycles. The van der Waals surface area contributed by atoms with Crippen LogP contribution in [0.3, 0.4) is 0 Å². The lowest BCUT2D eigenvalue weighted by molar-refractivity contribution is -0.137. The van der Waals surface area contributed by atoms with Gasteiger partial charge in [0.25, 0.3) is 0 Å². The van der Waals surface area contributed by atoms with Crippen LogP contribution in [0, 0.1) is 0 Å². The summed E-state index contributed by atoms with van der Waals surface area (Å²) >= 11 is 0. The minimum atomic E-state index is -4.33. The van der Waals surface area contributed by atoms with Crippen LogP contribution in [0.2, 0.25) is 0 Å². The Morgan fingerprint density at radius 1 is 0.852 bits per heavy atom. The summed E-state index contributed by atoms with van der Waals surface area (Å²) < 4.78 is 64.1. The average molecular weight is 398 g/mol. The molecule has 1 heterocycles. The number of sulfonamides is 1. The van der Waals surface area contributed by atoms with Crippen molar-refractivity contribution in [2.75, 3.05) is 13.1 Å². The van der Waals surface area contributed by atoms with Crippen molar-refractivity contribution >= 4 is 10.0 Å². The van der Waals surface area contributed by atoms with E-state index in [0.29, 0.717) is 26.2 Å². The van der Waals surface area contributed by atoms with Crippen LogP contribution >= 0.6 is 0 Å². The Kier molecular flexibility index (Phi) is 5.88.